The van der Waals surface area contributed by atoms with E-state index in [1.165, 1.54) is 0 Å². The maximum atomic E-state index is 11.0. The fourth-order valence-corrected chi connectivity index (χ4v) is 3.12. The average Bonchev–Trinajstić information content (AvgIpc) is 2.74. The molecule has 0 heterocycles. The second-order valence-electron chi connectivity index (χ2n) is 6.06. The van der Waals surface area contributed by atoms with Crippen LogP contribution in [0.5, 0.6) is 0 Å². The molecule has 5 nitrogen and oxygen atoms in total. The summed E-state index contributed by atoms with van der Waals surface area (Å²) in [6.45, 7) is 5.84. The van der Waals surface area contributed by atoms with Gasteiger partial charge < -0.3 is 5.21 Å². The van der Waals surface area contributed by atoms with Crippen molar-refractivity contribution >= 4 is 11.4 Å². The van der Waals surface area contributed by atoms with Crippen LogP contribution in [0.3, 0.4) is 0 Å². The molecular formula is C17H16N2O3. The van der Waals surface area contributed by atoms with Gasteiger partial charge in [0, 0.05) is 17.5 Å². The van der Waals surface area contributed by atoms with Crippen LogP contribution in [-0.2, 0) is 5.41 Å². The number of rotatable bonds is 2. The molecule has 5 heteroatoms. The standard InChI is InChI=1S/C17H16N2O3/c1-10(18-20)11-4-6-13-14-7-5-12(19(21)22)9-16(14)17(2,3)15(13)8-11/h4-9,20H,1-3H3/b18-10+. The van der Waals surface area contributed by atoms with Crippen molar-refractivity contribution in [2.24, 2.45) is 5.16 Å². The molecule has 0 amide bonds. The van der Waals surface area contributed by atoms with Crippen LogP contribution in [0.25, 0.3) is 11.1 Å². The normalized spacial score (nSPS) is 15.3. The highest BCUT2D eigenvalue weighted by atomic mass is 16.6. The summed E-state index contributed by atoms with van der Waals surface area (Å²) in [5.74, 6) is 0. The number of benzene rings is 2. The van der Waals surface area contributed by atoms with E-state index in [2.05, 4.69) is 19.0 Å². The second kappa shape index (κ2) is 4.66. The van der Waals surface area contributed by atoms with E-state index < -0.39 is 0 Å². The Morgan fingerprint density at radius 3 is 2.32 bits per heavy atom. The summed E-state index contributed by atoms with van der Waals surface area (Å²) in [5, 5.41) is 23.2. The minimum absolute atomic E-state index is 0.105. The van der Waals surface area contributed by atoms with E-state index in [-0.39, 0.29) is 16.0 Å². The fraction of sp³-hybridized carbons (Fsp3) is 0.235. The van der Waals surface area contributed by atoms with Gasteiger partial charge in [0.05, 0.1) is 10.6 Å². The summed E-state index contributed by atoms with van der Waals surface area (Å²) in [5.41, 5.74) is 5.30. The van der Waals surface area contributed by atoms with Crippen molar-refractivity contribution in [2.75, 3.05) is 0 Å². The molecule has 0 aliphatic heterocycles. The van der Waals surface area contributed by atoms with Crippen LogP contribution >= 0.6 is 0 Å². The van der Waals surface area contributed by atoms with Crippen LogP contribution in [0.15, 0.2) is 41.6 Å². The molecule has 0 bridgehead atoms. The van der Waals surface area contributed by atoms with Gasteiger partial charge in [0.2, 0.25) is 0 Å². The maximum Gasteiger partial charge on any atom is 0.269 e. The van der Waals surface area contributed by atoms with Crippen LogP contribution in [0.1, 0.15) is 37.5 Å². The van der Waals surface area contributed by atoms with Crippen molar-refractivity contribution in [2.45, 2.75) is 26.2 Å². The van der Waals surface area contributed by atoms with Gasteiger partial charge in [-0.3, -0.25) is 10.1 Å². The number of nitro groups is 1. The van der Waals surface area contributed by atoms with Crippen LogP contribution in [-0.4, -0.2) is 15.8 Å². The number of non-ortho nitro benzene ring substituents is 1. The number of hydrogen-bond donors (Lipinski definition) is 1. The Morgan fingerprint density at radius 2 is 1.73 bits per heavy atom. The van der Waals surface area contributed by atoms with Crippen molar-refractivity contribution in [3.63, 3.8) is 0 Å². The molecule has 0 unspecified atom stereocenters. The number of oxime groups is 1. The molecule has 2 aromatic carbocycles. The van der Waals surface area contributed by atoms with Crippen molar-refractivity contribution < 1.29 is 10.1 Å². The lowest BCUT2D eigenvalue weighted by molar-refractivity contribution is -0.384. The fourth-order valence-electron chi connectivity index (χ4n) is 3.12. The van der Waals surface area contributed by atoms with Crippen molar-refractivity contribution in [3.05, 3.63) is 63.2 Å². The Kier molecular flexibility index (Phi) is 3.02. The largest absolute Gasteiger partial charge is 0.411 e. The molecule has 0 aromatic heterocycles. The van der Waals surface area contributed by atoms with Gasteiger partial charge in [-0.2, -0.15) is 0 Å². The minimum atomic E-state index is -0.368. The van der Waals surface area contributed by atoms with Crippen molar-refractivity contribution in [1.29, 1.82) is 0 Å². The molecule has 112 valence electrons. The lowest BCUT2D eigenvalue weighted by Crippen LogP contribution is -2.15. The van der Waals surface area contributed by atoms with Crippen LogP contribution < -0.4 is 0 Å². The Morgan fingerprint density at radius 1 is 1.14 bits per heavy atom. The van der Waals surface area contributed by atoms with Crippen LogP contribution in [0.2, 0.25) is 0 Å². The number of nitro benzene ring substituents is 1. The van der Waals surface area contributed by atoms with Crippen LogP contribution in [0, 0.1) is 10.1 Å². The van der Waals surface area contributed by atoms with Crippen molar-refractivity contribution in [1.82, 2.24) is 0 Å². The molecule has 0 atom stereocenters. The Balaban J connectivity index is 2.23. The minimum Gasteiger partial charge on any atom is -0.411 e. The Hall–Kier alpha value is -2.69. The van der Waals surface area contributed by atoms with Gasteiger partial charge in [-0.25, -0.2) is 0 Å². The summed E-state index contributed by atoms with van der Waals surface area (Å²) >= 11 is 0. The lowest BCUT2D eigenvalue weighted by Gasteiger charge is -2.21. The van der Waals surface area contributed by atoms with Gasteiger partial charge >= 0.3 is 0 Å². The number of fused-ring (bicyclic) bond motifs is 3. The molecule has 1 N–H and O–H groups in total. The van der Waals surface area contributed by atoms with E-state index in [1.54, 1.807) is 19.1 Å². The molecule has 22 heavy (non-hydrogen) atoms. The highest BCUT2D eigenvalue weighted by Gasteiger charge is 2.36. The topological polar surface area (TPSA) is 75.7 Å². The van der Waals surface area contributed by atoms with Gasteiger partial charge in [-0.1, -0.05) is 31.1 Å². The highest BCUT2D eigenvalue weighted by molar-refractivity contribution is 5.99. The molecule has 3 rings (SSSR count). The summed E-state index contributed by atoms with van der Waals surface area (Å²) < 4.78 is 0. The predicted molar refractivity (Wildman–Crippen MR) is 84.7 cm³/mol. The average molecular weight is 296 g/mol. The molecule has 0 saturated heterocycles. The molecule has 0 radical (unpaired) electrons. The molecule has 0 saturated carbocycles. The molecule has 1 aliphatic carbocycles. The van der Waals surface area contributed by atoms with Crippen LogP contribution in [0.4, 0.5) is 5.69 Å². The first kappa shape index (κ1) is 14.3. The van der Waals surface area contributed by atoms with Gasteiger partial charge in [-0.05, 0) is 46.9 Å². The zero-order chi connectivity index (χ0) is 16.1. The zero-order valence-electron chi connectivity index (χ0n) is 12.6. The third-order valence-electron chi connectivity index (χ3n) is 4.44. The van der Waals surface area contributed by atoms with Gasteiger partial charge in [-0.15, -0.1) is 0 Å². The molecule has 1 aliphatic rings. The molecule has 0 spiro atoms. The molecule has 0 fully saturated rings. The SMILES string of the molecule is C/C(=N\O)c1ccc2c(c1)C(C)(C)c1cc([N+](=O)[O-])ccc1-2. The lowest BCUT2D eigenvalue weighted by atomic mass is 9.81. The van der Waals surface area contributed by atoms with Gasteiger partial charge in [0.1, 0.15) is 0 Å². The number of nitrogens with zero attached hydrogens (tertiary/aromatic N) is 2. The van der Waals surface area contributed by atoms with E-state index in [4.69, 9.17) is 5.21 Å². The van der Waals surface area contributed by atoms with Gasteiger partial charge in [0.15, 0.2) is 0 Å². The van der Waals surface area contributed by atoms with Gasteiger partial charge in [0.25, 0.3) is 5.69 Å². The molecular weight excluding hydrogens is 280 g/mol. The van der Waals surface area contributed by atoms with Crippen molar-refractivity contribution in [3.8, 4) is 11.1 Å². The summed E-state index contributed by atoms with van der Waals surface area (Å²) in [4.78, 5) is 10.7. The first-order valence-corrected chi connectivity index (χ1v) is 6.99. The van der Waals surface area contributed by atoms with E-state index >= 15 is 0 Å². The van der Waals surface area contributed by atoms with E-state index in [9.17, 15) is 10.1 Å². The third-order valence-corrected chi connectivity index (χ3v) is 4.44. The van der Waals surface area contributed by atoms with E-state index in [0.717, 1.165) is 27.8 Å². The Bertz CT molecular complexity index is 823. The summed E-state index contributed by atoms with van der Waals surface area (Å²) in [6, 6.07) is 10.9. The zero-order valence-corrected chi connectivity index (χ0v) is 12.6. The first-order chi connectivity index (χ1) is 10.4. The monoisotopic (exact) mass is 296 g/mol. The molecule has 2 aromatic rings. The smallest absolute Gasteiger partial charge is 0.269 e. The Labute approximate surface area is 128 Å². The summed E-state index contributed by atoms with van der Waals surface area (Å²) in [6.07, 6.45) is 0. The third kappa shape index (κ3) is 1.89. The summed E-state index contributed by atoms with van der Waals surface area (Å²) in [7, 11) is 0. The van der Waals surface area contributed by atoms with E-state index in [1.807, 2.05) is 24.3 Å². The maximum absolute atomic E-state index is 11.0. The number of hydrogen-bond acceptors (Lipinski definition) is 4. The second-order valence-corrected chi connectivity index (χ2v) is 6.06. The first-order valence-electron chi connectivity index (χ1n) is 6.99. The predicted octanol–water partition coefficient (Wildman–Crippen LogP) is 4.10. The quantitative estimate of drug-likeness (QED) is 0.392. The highest BCUT2D eigenvalue weighted by Crippen LogP contribution is 2.49. The van der Waals surface area contributed by atoms with E-state index in [0.29, 0.717) is 5.71 Å².